The Balaban J connectivity index is 1.68. The van der Waals surface area contributed by atoms with Crippen molar-refractivity contribution < 1.29 is 9.47 Å². The third-order valence-corrected chi connectivity index (χ3v) is 6.10. The Morgan fingerprint density at radius 2 is 1.50 bits per heavy atom. The van der Waals surface area contributed by atoms with Gasteiger partial charge in [0.2, 0.25) is 5.28 Å². The zero-order chi connectivity index (χ0) is 21.1. The summed E-state index contributed by atoms with van der Waals surface area (Å²) >= 11 is 6.40. The minimum absolute atomic E-state index is 0.0380. The third-order valence-electron chi connectivity index (χ3n) is 5.93. The summed E-state index contributed by atoms with van der Waals surface area (Å²) in [7, 11) is 0. The molecule has 4 rings (SSSR count). The second-order valence-electron chi connectivity index (χ2n) is 9.26. The monoisotopic (exact) mass is 429 g/mol. The second kappa shape index (κ2) is 9.21. The fraction of sp³-hybridized carbons (Fsp3) is 0.583. The predicted molar refractivity (Wildman–Crippen MR) is 121 cm³/mol. The molecular weight excluding hydrogens is 398 g/mol. The molecule has 1 aromatic heterocycles. The number of nitrogens with zero attached hydrogens (tertiary/aromatic N) is 3. The van der Waals surface area contributed by atoms with Crippen molar-refractivity contribution in [3.05, 3.63) is 41.2 Å². The summed E-state index contributed by atoms with van der Waals surface area (Å²) < 4.78 is 12.3. The molecular formula is C24H32ClN3O2. The zero-order valence-corrected chi connectivity index (χ0v) is 19.0. The minimum Gasteiger partial charge on any atom is -0.358 e. The average Bonchev–Trinajstić information content (AvgIpc) is 2.75. The Hall–Kier alpha value is -1.69. The van der Waals surface area contributed by atoms with Crippen LogP contribution in [-0.4, -0.2) is 35.6 Å². The highest BCUT2D eigenvalue weighted by molar-refractivity contribution is 6.28. The summed E-state index contributed by atoms with van der Waals surface area (Å²) in [6, 6.07) is 10.6. The number of aromatic nitrogens is 2. The van der Waals surface area contributed by atoms with Crippen LogP contribution < -0.4 is 4.90 Å². The number of benzene rings is 1. The lowest BCUT2D eigenvalue weighted by Gasteiger charge is -2.41. The summed E-state index contributed by atoms with van der Waals surface area (Å²) in [6.45, 7) is 8.19. The average molecular weight is 430 g/mol. The van der Waals surface area contributed by atoms with Gasteiger partial charge in [0.25, 0.3) is 0 Å². The van der Waals surface area contributed by atoms with Crippen LogP contribution in [0.5, 0.6) is 0 Å². The van der Waals surface area contributed by atoms with Crippen molar-refractivity contribution in [2.45, 2.75) is 77.2 Å². The molecule has 2 unspecified atom stereocenters. The van der Waals surface area contributed by atoms with Gasteiger partial charge in [-0.1, -0.05) is 45.0 Å². The lowest BCUT2D eigenvalue weighted by Crippen LogP contribution is -2.49. The van der Waals surface area contributed by atoms with Crippen LogP contribution in [0.25, 0.3) is 11.3 Å². The van der Waals surface area contributed by atoms with E-state index in [0.29, 0.717) is 0 Å². The first-order valence-electron chi connectivity index (χ1n) is 11.1. The maximum atomic E-state index is 6.40. The van der Waals surface area contributed by atoms with E-state index >= 15 is 0 Å². The van der Waals surface area contributed by atoms with E-state index in [1.807, 2.05) is 6.07 Å². The van der Waals surface area contributed by atoms with Crippen LogP contribution >= 0.6 is 11.6 Å². The van der Waals surface area contributed by atoms with Crippen molar-refractivity contribution in [1.82, 2.24) is 9.97 Å². The normalized spacial score (nSPS) is 22.7. The molecule has 0 amide bonds. The first-order chi connectivity index (χ1) is 14.4. The van der Waals surface area contributed by atoms with Crippen molar-refractivity contribution in [2.75, 3.05) is 18.1 Å². The first kappa shape index (κ1) is 21.5. The van der Waals surface area contributed by atoms with Crippen LogP contribution in [0.1, 0.15) is 64.9 Å². The summed E-state index contributed by atoms with van der Waals surface area (Å²) in [5.74, 6) is 0.781. The molecule has 2 atom stereocenters. The van der Waals surface area contributed by atoms with Gasteiger partial charge in [-0.25, -0.2) is 9.97 Å². The second-order valence-corrected chi connectivity index (χ2v) is 9.60. The summed E-state index contributed by atoms with van der Waals surface area (Å²) in [5.41, 5.74) is 3.25. The van der Waals surface area contributed by atoms with Crippen LogP contribution in [0.4, 0.5) is 5.82 Å². The van der Waals surface area contributed by atoms with E-state index in [2.05, 4.69) is 59.9 Å². The molecule has 1 aromatic carbocycles. The van der Waals surface area contributed by atoms with E-state index in [4.69, 9.17) is 21.1 Å². The lowest BCUT2D eigenvalue weighted by atomic mass is 9.86. The van der Waals surface area contributed by atoms with Gasteiger partial charge >= 0.3 is 0 Å². The van der Waals surface area contributed by atoms with Gasteiger partial charge in [0.05, 0.1) is 5.69 Å². The molecule has 2 aromatic rings. The van der Waals surface area contributed by atoms with E-state index in [1.165, 1.54) is 5.56 Å². The Morgan fingerprint density at radius 1 is 0.900 bits per heavy atom. The third kappa shape index (κ3) is 4.96. The maximum absolute atomic E-state index is 6.40. The molecule has 0 aliphatic carbocycles. The fourth-order valence-electron chi connectivity index (χ4n) is 4.19. The molecule has 162 valence electrons. The van der Waals surface area contributed by atoms with Crippen LogP contribution in [0.2, 0.25) is 5.28 Å². The molecule has 0 spiro atoms. The highest BCUT2D eigenvalue weighted by atomic mass is 35.5. The number of anilines is 1. The van der Waals surface area contributed by atoms with Crippen molar-refractivity contribution in [1.29, 1.82) is 0 Å². The number of halogens is 1. The summed E-state index contributed by atoms with van der Waals surface area (Å²) in [5, 5.41) is 0.249. The molecule has 2 aliphatic heterocycles. The number of hydrogen-bond donors (Lipinski definition) is 0. The van der Waals surface area contributed by atoms with Crippen molar-refractivity contribution in [2.24, 2.45) is 0 Å². The van der Waals surface area contributed by atoms with E-state index in [9.17, 15) is 0 Å². The van der Waals surface area contributed by atoms with Crippen LogP contribution in [0, 0.1) is 0 Å². The van der Waals surface area contributed by atoms with Gasteiger partial charge in [-0.2, -0.15) is 0 Å². The first-order valence-corrected chi connectivity index (χ1v) is 11.5. The van der Waals surface area contributed by atoms with Crippen molar-refractivity contribution in [3.63, 3.8) is 0 Å². The molecule has 0 radical (unpaired) electrons. The molecule has 2 fully saturated rings. The quantitative estimate of drug-likeness (QED) is 0.561. The molecule has 0 saturated carbocycles. The van der Waals surface area contributed by atoms with Gasteiger partial charge < -0.3 is 14.4 Å². The molecule has 0 bridgehead atoms. The topological polar surface area (TPSA) is 47.5 Å². The van der Waals surface area contributed by atoms with E-state index in [1.54, 1.807) is 0 Å². The summed E-state index contributed by atoms with van der Waals surface area (Å²) in [4.78, 5) is 11.3. The smallest absolute Gasteiger partial charge is 0.224 e. The SMILES string of the molecule is CC(C)(C)c1ccc(-c2cc(N(C3CCCCO3)C3CCCCO3)nc(Cl)n2)cc1. The van der Waals surface area contributed by atoms with E-state index in [0.717, 1.165) is 68.8 Å². The highest BCUT2D eigenvalue weighted by Crippen LogP contribution is 2.32. The van der Waals surface area contributed by atoms with Gasteiger partial charge in [0.15, 0.2) is 0 Å². The van der Waals surface area contributed by atoms with Crippen molar-refractivity contribution in [3.8, 4) is 11.3 Å². The molecule has 0 N–H and O–H groups in total. The van der Waals surface area contributed by atoms with E-state index in [-0.39, 0.29) is 23.2 Å². The Morgan fingerprint density at radius 3 is 2.00 bits per heavy atom. The fourth-order valence-corrected chi connectivity index (χ4v) is 4.37. The molecule has 30 heavy (non-hydrogen) atoms. The van der Waals surface area contributed by atoms with Crippen LogP contribution in [0.3, 0.4) is 0 Å². The van der Waals surface area contributed by atoms with Gasteiger partial charge in [-0.3, -0.25) is 0 Å². The Kier molecular flexibility index (Phi) is 6.61. The number of hydrogen-bond acceptors (Lipinski definition) is 5. The Labute approximate surface area is 184 Å². The Bertz CT molecular complexity index is 821. The largest absolute Gasteiger partial charge is 0.358 e. The number of rotatable bonds is 4. The standard InChI is InChI=1S/C24H32ClN3O2/c1-24(2,3)18-12-10-17(11-13-18)19-16-20(27-23(25)26-19)28(21-8-4-6-14-29-21)22-9-5-7-15-30-22/h10-13,16,21-22H,4-9,14-15H2,1-3H3. The lowest BCUT2D eigenvalue weighted by molar-refractivity contribution is -0.0487. The van der Waals surface area contributed by atoms with Crippen LogP contribution in [-0.2, 0) is 14.9 Å². The van der Waals surface area contributed by atoms with Gasteiger partial charge in [-0.15, -0.1) is 0 Å². The molecule has 2 aliphatic rings. The van der Waals surface area contributed by atoms with Crippen LogP contribution in [0.15, 0.2) is 30.3 Å². The zero-order valence-electron chi connectivity index (χ0n) is 18.2. The van der Waals surface area contributed by atoms with Crippen molar-refractivity contribution >= 4 is 17.4 Å². The minimum atomic E-state index is -0.0380. The summed E-state index contributed by atoms with van der Waals surface area (Å²) in [6.07, 6.45) is 6.36. The molecule has 6 heteroatoms. The number of ether oxygens (including phenoxy) is 2. The van der Waals surface area contributed by atoms with Gasteiger partial charge in [0, 0.05) is 24.8 Å². The molecule has 3 heterocycles. The van der Waals surface area contributed by atoms with Gasteiger partial charge in [0.1, 0.15) is 18.3 Å². The molecule has 5 nitrogen and oxygen atoms in total. The molecule has 2 saturated heterocycles. The predicted octanol–water partition coefficient (Wildman–Crippen LogP) is 5.95. The van der Waals surface area contributed by atoms with E-state index < -0.39 is 0 Å². The maximum Gasteiger partial charge on any atom is 0.224 e. The van der Waals surface area contributed by atoms with Gasteiger partial charge in [-0.05, 0) is 61.1 Å². The highest BCUT2D eigenvalue weighted by Gasteiger charge is 2.32.